The third-order valence-electron chi connectivity index (χ3n) is 6.08. The summed E-state index contributed by atoms with van der Waals surface area (Å²) < 4.78 is 4.69. The maximum absolute atomic E-state index is 2.35. The van der Waals surface area contributed by atoms with Gasteiger partial charge in [0.2, 0.25) is 0 Å². The fourth-order valence-corrected chi connectivity index (χ4v) is 3.75. The Morgan fingerprint density at radius 2 is 0.767 bits per heavy atom. The van der Waals surface area contributed by atoms with E-state index in [0.717, 1.165) is 0 Å². The van der Waals surface area contributed by atoms with Gasteiger partial charge in [0.25, 0.3) is 0 Å². The van der Waals surface area contributed by atoms with Gasteiger partial charge < -0.3 is 34.0 Å². The van der Waals surface area contributed by atoms with E-state index in [0.29, 0.717) is 0 Å². The van der Waals surface area contributed by atoms with Gasteiger partial charge in [0, 0.05) is 36.1 Å². The second-order valence-corrected chi connectivity index (χ2v) is 8.63. The highest BCUT2D eigenvalue weighted by atomic mass is 79.9. The molecule has 0 atom stereocenters. The molecule has 0 bridgehead atoms. The molecule has 0 fully saturated rings. The molecule has 0 N–H and O–H groups in total. The Kier molecular flexibility index (Phi) is 16.5. The zero-order valence-corrected chi connectivity index (χ0v) is 22.8. The van der Waals surface area contributed by atoms with E-state index in [9.17, 15) is 0 Å². The van der Waals surface area contributed by atoms with Crippen LogP contribution in [0.1, 0.15) is 86.5 Å². The van der Waals surface area contributed by atoms with Crippen LogP contribution in [0.25, 0.3) is 0 Å². The molecule has 2 heterocycles. The smallest absolute Gasteiger partial charge is 0.171 e. The summed E-state index contributed by atoms with van der Waals surface area (Å²) in [6.07, 6.45) is 22.8. The molecule has 2 aromatic rings. The molecule has 0 aromatic carbocycles. The quantitative estimate of drug-likeness (QED) is 0.251. The van der Waals surface area contributed by atoms with Crippen molar-refractivity contribution in [3.63, 3.8) is 0 Å². The maximum atomic E-state index is 2.35. The van der Waals surface area contributed by atoms with Crippen molar-refractivity contribution in [3.05, 3.63) is 59.2 Å². The van der Waals surface area contributed by atoms with Crippen molar-refractivity contribution >= 4 is 0 Å². The molecule has 170 valence electrons. The number of hydrogen-bond acceptors (Lipinski definition) is 0. The normalized spacial score (nSPS) is 10.4. The molecule has 0 unspecified atom stereocenters. The molecule has 0 amide bonds. The number of aromatic nitrogens is 2. The van der Waals surface area contributed by atoms with E-state index in [1.54, 1.807) is 0 Å². The molecule has 0 aliphatic heterocycles. The molecule has 0 saturated carbocycles. The zero-order valence-electron chi connectivity index (χ0n) is 19.6. The largest absolute Gasteiger partial charge is 1.00 e. The average molecular weight is 542 g/mol. The molecule has 0 aliphatic carbocycles. The number of rotatable bonds is 13. The Labute approximate surface area is 206 Å². The van der Waals surface area contributed by atoms with Gasteiger partial charge in [-0.3, -0.25) is 0 Å². The lowest BCUT2D eigenvalue weighted by molar-refractivity contribution is -0.697. The Bertz CT molecular complexity index is 655. The Hall–Kier alpha value is -0.740. The summed E-state index contributed by atoms with van der Waals surface area (Å²) in [5, 5.41) is 0. The highest BCUT2D eigenvalue weighted by Gasteiger charge is 2.04. The van der Waals surface area contributed by atoms with E-state index in [1.807, 2.05) is 0 Å². The fraction of sp³-hybridized carbons (Fsp3) is 0.615. The minimum Gasteiger partial charge on any atom is -1.00 e. The zero-order chi connectivity index (χ0) is 20.2. The summed E-state index contributed by atoms with van der Waals surface area (Å²) in [4.78, 5) is 0. The van der Waals surface area contributed by atoms with Crippen molar-refractivity contribution in [2.75, 3.05) is 0 Å². The third-order valence-corrected chi connectivity index (χ3v) is 6.08. The van der Waals surface area contributed by atoms with Crippen LogP contribution in [0.4, 0.5) is 0 Å². The lowest BCUT2D eigenvalue weighted by atomic mass is 10.1. The van der Waals surface area contributed by atoms with Crippen molar-refractivity contribution in [3.8, 4) is 0 Å². The fourth-order valence-electron chi connectivity index (χ4n) is 3.75. The minimum atomic E-state index is 0. The second-order valence-electron chi connectivity index (χ2n) is 8.63. The first-order chi connectivity index (χ1) is 13.6. The Morgan fingerprint density at radius 3 is 1.07 bits per heavy atom. The van der Waals surface area contributed by atoms with E-state index in [-0.39, 0.29) is 34.0 Å². The van der Waals surface area contributed by atoms with Gasteiger partial charge in [-0.05, 0) is 51.7 Å². The van der Waals surface area contributed by atoms with Gasteiger partial charge in [0.1, 0.15) is 13.1 Å². The average Bonchev–Trinajstić information content (AvgIpc) is 2.68. The van der Waals surface area contributed by atoms with Crippen LogP contribution < -0.4 is 43.1 Å². The van der Waals surface area contributed by atoms with Crippen molar-refractivity contribution in [1.82, 2.24) is 0 Å². The first-order valence-corrected chi connectivity index (χ1v) is 11.5. The topological polar surface area (TPSA) is 7.76 Å². The number of aryl methyl sites for hydroxylation is 6. The maximum Gasteiger partial charge on any atom is 0.171 e. The van der Waals surface area contributed by atoms with Crippen molar-refractivity contribution < 1.29 is 43.1 Å². The number of unbranched alkanes of at least 4 members (excludes halogenated alkanes) is 9. The Balaban J connectivity index is 0.00000420. The van der Waals surface area contributed by atoms with E-state index < -0.39 is 0 Å². The van der Waals surface area contributed by atoms with Crippen LogP contribution in [0.3, 0.4) is 0 Å². The highest BCUT2D eigenvalue weighted by Crippen LogP contribution is 2.11. The van der Waals surface area contributed by atoms with E-state index in [4.69, 9.17) is 0 Å². The molecule has 0 spiro atoms. The van der Waals surface area contributed by atoms with Crippen LogP contribution in [0.15, 0.2) is 36.9 Å². The summed E-state index contributed by atoms with van der Waals surface area (Å²) in [6, 6.07) is 4.46. The van der Waals surface area contributed by atoms with Crippen LogP contribution >= 0.6 is 0 Å². The monoisotopic (exact) mass is 540 g/mol. The van der Waals surface area contributed by atoms with Crippen LogP contribution in [0.2, 0.25) is 0 Å². The van der Waals surface area contributed by atoms with Crippen molar-refractivity contribution in [2.45, 2.75) is 105 Å². The summed E-state index contributed by atoms with van der Waals surface area (Å²) in [5.74, 6) is 0. The van der Waals surface area contributed by atoms with Gasteiger partial charge >= 0.3 is 0 Å². The second kappa shape index (κ2) is 16.9. The predicted molar refractivity (Wildman–Crippen MR) is 118 cm³/mol. The molecule has 0 radical (unpaired) electrons. The SMILES string of the molecule is Cc1cc[n+](CCCCCCCCCCCC[n+]2ccc(C)c(C)c2)cc1C.[Br-].[Br-]. The minimum absolute atomic E-state index is 0. The van der Waals surface area contributed by atoms with Crippen molar-refractivity contribution in [1.29, 1.82) is 0 Å². The number of nitrogens with zero attached hydrogens (tertiary/aromatic N) is 2. The summed E-state index contributed by atoms with van der Waals surface area (Å²) >= 11 is 0. The van der Waals surface area contributed by atoms with Crippen molar-refractivity contribution in [2.24, 2.45) is 0 Å². The molecule has 0 aliphatic rings. The lowest BCUT2D eigenvalue weighted by Gasteiger charge is -2.03. The van der Waals surface area contributed by atoms with E-state index >= 15 is 0 Å². The van der Waals surface area contributed by atoms with Gasteiger partial charge in [0.05, 0.1) is 0 Å². The van der Waals surface area contributed by atoms with Gasteiger partial charge in [-0.25, -0.2) is 9.13 Å². The molecule has 30 heavy (non-hydrogen) atoms. The number of pyridine rings is 2. The van der Waals surface area contributed by atoms with Gasteiger partial charge in [0.15, 0.2) is 24.8 Å². The molecule has 2 rings (SSSR count). The van der Waals surface area contributed by atoms with Gasteiger partial charge in [-0.15, -0.1) is 0 Å². The summed E-state index contributed by atoms with van der Waals surface area (Å²) in [6.45, 7) is 11.1. The number of hydrogen-bond donors (Lipinski definition) is 0. The number of halogens is 2. The van der Waals surface area contributed by atoms with Crippen LogP contribution in [-0.4, -0.2) is 0 Å². The third kappa shape index (κ3) is 11.6. The van der Waals surface area contributed by atoms with Gasteiger partial charge in [-0.2, -0.15) is 0 Å². The summed E-state index contributed by atoms with van der Waals surface area (Å²) in [5.41, 5.74) is 5.57. The van der Waals surface area contributed by atoms with E-state index in [2.05, 4.69) is 73.7 Å². The summed E-state index contributed by atoms with van der Waals surface area (Å²) in [7, 11) is 0. The highest BCUT2D eigenvalue weighted by molar-refractivity contribution is 5.17. The molecular weight excluding hydrogens is 500 g/mol. The standard InChI is InChI=1S/C26H42N2.2BrH/c1-23-15-19-27(21-25(23)3)17-13-11-9-7-5-6-8-10-12-14-18-28-20-16-24(2)26(4)22-28;;/h15-16,19-22H,5-14,17-18H2,1-4H3;2*1H/q+2;;/p-2. The van der Waals surface area contributed by atoms with E-state index in [1.165, 1.54) is 99.6 Å². The Morgan fingerprint density at radius 1 is 0.467 bits per heavy atom. The molecule has 2 aromatic heterocycles. The molecule has 0 saturated heterocycles. The molecule has 2 nitrogen and oxygen atoms in total. The van der Waals surface area contributed by atoms with Crippen LogP contribution in [-0.2, 0) is 13.1 Å². The molecular formula is C26H42Br2N2. The van der Waals surface area contributed by atoms with Crippen LogP contribution in [0.5, 0.6) is 0 Å². The molecule has 4 heteroatoms. The predicted octanol–water partition coefficient (Wildman–Crippen LogP) is 0.104. The lowest BCUT2D eigenvalue weighted by Crippen LogP contribution is -3.00. The van der Waals surface area contributed by atoms with Crippen LogP contribution in [0, 0.1) is 27.7 Å². The first-order valence-electron chi connectivity index (χ1n) is 11.5. The first kappa shape index (κ1) is 29.3. The van der Waals surface area contributed by atoms with Gasteiger partial charge in [-0.1, -0.05) is 38.5 Å².